The van der Waals surface area contributed by atoms with Gasteiger partial charge in [-0.15, -0.1) is 0 Å². The van der Waals surface area contributed by atoms with Crippen molar-refractivity contribution in [2.75, 3.05) is 0 Å². The van der Waals surface area contributed by atoms with Crippen molar-refractivity contribution in [3.05, 3.63) is 34.0 Å². The van der Waals surface area contributed by atoms with Crippen LogP contribution in [0.15, 0.2) is 27.1 Å². The topological polar surface area (TPSA) is 33.4 Å². The molecule has 68 valence electrons. The highest BCUT2D eigenvalue weighted by atomic mass is 79.9. The van der Waals surface area contributed by atoms with Gasteiger partial charge in [0.1, 0.15) is 18.0 Å². The van der Waals surface area contributed by atoms with E-state index in [4.69, 9.17) is 9.52 Å². The van der Waals surface area contributed by atoms with Gasteiger partial charge in [0.2, 0.25) is 0 Å². The zero-order valence-corrected chi connectivity index (χ0v) is 8.76. The summed E-state index contributed by atoms with van der Waals surface area (Å²) in [5, 5.41) is 10.0. The van der Waals surface area contributed by atoms with E-state index in [0.29, 0.717) is 5.76 Å². The Kier molecular flexibility index (Phi) is 2.14. The van der Waals surface area contributed by atoms with Gasteiger partial charge in [0.25, 0.3) is 0 Å². The number of fused-ring (bicyclic) bond motifs is 1. The number of rotatable bonds is 1. The number of aliphatic hydroxyl groups excluding tert-OH is 1. The first-order valence-corrected chi connectivity index (χ1v) is 4.80. The fourth-order valence-electron chi connectivity index (χ4n) is 1.39. The van der Waals surface area contributed by atoms with Crippen LogP contribution < -0.4 is 0 Å². The van der Waals surface area contributed by atoms with Gasteiger partial charge in [-0.1, -0.05) is 15.9 Å². The Bertz CT molecular complexity index is 445. The molecule has 0 bridgehead atoms. The third-order valence-corrected chi connectivity index (χ3v) is 2.63. The molecule has 13 heavy (non-hydrogen) atoms. The summed E-state index contributed by atoms with van der Waals surface area (Å²) < 4.78 is 6.45. The molecule has 0 amide bonds. The molecule has 0 spiro atoms. The monoisotopic (exact) mass is 240 g/mol. The number of aliphatic hydroxyl groups is 1. The number of furan rings is 1. The lowest BCUT2D eigenvalue weighted by molar-refractivity contribution is 0.250. The maximum Gasteiger partial charge on any atom is 0.134 e. The lowest BCUT2D eigenvalue weighted by Crippen LogP contribution is -1.80. The zero-order chi connectivity index (χ0) is 9.42. The quantitative estimate of drug-likeness (QED) is 0.832. The molecule has 1 aromatic heterocycles. The molecule has 2 aromatic rings. The minimum Gasteiger partial charge on any atom is -0.458 e. The Balaban J connectivity index is 2.77. The number of hydrogen-bond donors (Lipinski definition) is 1. The van der Waals surface area contributed by atoms with Crippen LogP contribution in [0.1, 0.15) is 11.3 Å². The molecule has 0 aliphatic rings. The Morgan fingerprint density at radius 1 is 1.46 bits per heavy atom. The highest BCUT2D eigenvalue weighted by molar-refractivity contribution is 9.10. The SMILES string of the molecule is Cc1c(CO)oc2ccc(Br)cc12. The van der Waals surface area contributed by atoms with Crippen molar-refractivity contribution >= 4 is 26.9 Å². The zero-order valence-electron chi connectivity index (χ0n) is 7.17. The third-order valence-electron chi connectivity index (χ3n) is 2.14. The Labute approximate surface area is 84.3 Å². The molecule has 1 heterocycles. The van der Waals surface area contributed by atoms with E-state index in [1.54, 1.807) is 0 Å². The molecule has 0 radical (unpaired) electrons. The number of benzene rings is 1. The largest absolute Gasteiger partial charge is 0.458 e. The lowest BCUT2D eigenvalue weighted by atomic mass is 10.1. The van der Waals surface area contributed by atoms with E-state index in [-0.39, 0.29) is 6.61 Å². The molecule has 2 nitrogen and oxygen atoms in total. The van der Waals surface area contributed by atoms with Gasteiger partial charge in [0.15, 0.2) is 0 Å². The van der Waals surface area contributed by atoms with Gasteiger partial charge in [-0.05, 0) is 25.1 Å². The van der Waals surface area contributed by atoms with Crippen molar-refractivity contribution in [1.29, 1.82) is 0 Å². The summed E-state index contributed by atoms with van der Waals surface area (Å²) in [6.45, 7) is 1.90. The van der Waals surface area contributed by atoms with E-state index in [2.05, 4.69) is 15.9 Å². The summed E-state index contributed by atoms with van der Waals surface area (Å²) in [6.07, 6.45) is 0. The minimum absolute atomic E-state index is 0.0435. The normalized spacial score (nSPS) is 11.0. The third kappa shape index (κ3) is 1.38. The molecule has 3 heteroatoms. The molecule has 0 atom stereocenters. The Morgan fingerprint density at radius 2 is 2.23 bits per heavy atom. The summed E-state index contributed by atoms with van der Waals surface area (Å²) >= 11 is 3.39. The first-order chi connectivity index (χ1) is 6.22. The first kappa shape index (κ1) is 8.78. The van der Waals surface area contributed by atoms with Crippen LogP contribution in [0, 0.1) is 6.92 Å². The minimum atomic E-state index is -0.0435. The standard InChI is InChI=1S/C10H9BrO2/c1-6-8-4-7(11)2-3-9(8)13-10(6)5-12/h2-4,12H,5H2,1H3. The van der Waals surface area contributed by atoms with Crippen LogP contribution in [0.4, 0.5) is 0 Å². The van der Waals surface area contributed by atoms with Crippen LogP contribution in [0.5, 0.6) is 0 Å². The molecule has 0 aliphatic carbocycles. The average Bonchev–Trinajstić information content (AvgIpc) is 2.44. The van der Waals surface area contributed by atoms with Crippen molar-refractivity contribution in [2.24, 2.45) is 0 Å². The maximum atomic E-state index is 8.98. The van der Waals surface area contributed by atoms with Crippen LogP contribution >= 0.6 is 15.9 Å². The van der Waals surface area contributed by atoms with Crippen molar-refractivity contribution in [1.82, 2.24) is 0 Å². The average molecular weight is 241 g/mol. The molecule has 1 aromatic carbocycles. The van der Waals surface area contributed by atoms with Crippen LogP contribution in [0.2, 0.25) is 0 Å². The Hall–Kier alpha value is -0.800. The smallest absolute Gasteiger partial charge is 0.134 e. The molecular formula is C10H9BrO2. The molecule has 0 saturated carbocycles. The summed E-state index contributed by atoms with van der Waals surface area (Å²) in [5.41, 5.74) is 1.84. The van der Waals surface area contributed by atoms with E-state index >= 15 is 0 Å². The second-order valence-electron chi connectivity index (χ2n) is 2.95. The van der Waals surface area contributed by atoms with E-state index in [9.17, 15) is 0 Å². The van der Waals surface area contributed by atoms with Crippen molar-refractivity contribution in [3.63, 3.8) is 0 Å². The van der Waals surface area contributed by atoms with E-state index in [0.717, 1.165) is 21.0 Å². The highest BCUT2D eigenvalue weighted by Gasteiger charge is 2.08. The van der Waals surface area contributed by atoms with E-state index < -0.39 is 0 Å². The molecule has 1 N–H and O–H groups in total. The first-order valence-electron chi connectivity index (χ1n) is 4.01. The molecular weight excluding hydrogens is 232 g/mol. The number of hydrogen-bond acceptors (Lipinski definition) is 2. The Morgan fingerprint density at radius 3 is 2.92 bits per heavy atom. The summed E-state index contributed by atoms with van der Waals surface area (Å²) in [5.74, 6) is 0.646. The fourth-order valence-corrected chi connectivity index (χ4v) is 1.76. The molecule has 0 fully saturated rings. The van der Waals surface area contributed by atoms with Gasteiger partial charge in [0.05, 0.1) is 0 Å². The van der Waals surface area contributed by atoms with Crippen molar-refractivity contribution in [2.45, 2.75) is 13.5 Å². The maximum absolute atomic E-state index is 8.98. The molecule has 0 aliphatic heterocycles. The van der Waals surface area contributed by atoms with Gasteiger partial charge in [-0.2, -0.15) is 0 Å². The van der Waals surface area contributed by atoms with Crippen molar-refractivity contribution in [3.8, 4) is 0 Å². The molecule has 2 rings (SSSR count). The van der Waals surface area contributed by atoms with Crippen LogP contribution in [0.3, 0.4) is 0 Å². The van der Waals surface area contributed by atoms with Crippen LogP contribution in [-0.4, -0.2) is 5.11 Å². The van der Waals surface area contributed by atoms with Crippen molar-refractivity contribution < 1.29 is 9.52 Å². The van der Waals surface area contributed by atoms with Gasteiger partial charge in [-0.3, -0.25) is 0 Å². The molecule has 0 unspecified atom stereocenters. The number of halogens is 1. The summed E-state index contributed by atoms with van der Waals surface area (Å²) in [6, 6.07) is 5.81. The highest BCUT2D eigenvalue weighted by Crippen LogP contribution is 2.27. The van der Waals surface area contributed by atoms with Crippen LogP contribution in [-0.2, 0) is 6.61 Å². The molecule has 0 saturated heterocycles. The van der Waals surface area contributed by atoms with Gasteiger partial charge in [-0.25, -0.2) is 0 Å². The predicted molar refractivity (Wildman–Crippen MR) is 54.6 cm³/mol. The summed E-state index contributed by atoms with van der Waals surface area (Å²) in [7, 11) is 0. The lowest BCUT2D eigenvalue weighted by Gasteiger charge is -1.90. The second kappa shape index (κ2) is 3.16. The van der Waals surface area contributed by atoms with Gasteiger partial charge in [0, 0.05) is 15.4 Å². The summed E-state index contributed by atoms with van der Waals surface area (Å²) in [4.78, 5) is 0. The van der Waals surface area contributed by atoms with Crippen LogP contribution in [0.25, 0.3) is 11.0 Å². The van der Waals surface area contributed by atoms with E-state index in [1.165, 1.54) is 0 Å². The predicted octanol–water partition coefficient (Wildman–Crippen LogP) is 3.00. The number of aryl methyl sites for hydroxylation is 1. The second-order valence-corrected chi connectivity index (χ2v) is 3.86. The van der Waals surface area contributed by atoms with E-state index in [1.807, 2.05) is 25.1 Å². The fraction of sp³-hybridized carbons (Fsp3) is 0.200. The van der Waals surface area contributed by atoms with Gasteiger partial charge >= 0.3 is 0 Å². The van der Waals surface area contributed by atoms with Gasteiger partial charge < -0.3 is 9.52 Å².